The molecule has 0 aromatic rings. The van der Waals surface area contributed by atoms with Crippen LogP contribution in [0.4, 0.5) is 0 Å². The average molecular weight is 311 g/mol. The minimum absolute atomic E-state index is 0.901. The molecule has 0 spiro atoms. The van der Waals surface area contributed by atoms with Gasteiger partial charge in [-0.1, -0.05) is 18.0 Å². The van der Waals surface area contributed by atoms with Crippen LogP contribution >= 0.6 is 34.8 Å². The fraction of sp³-hybridized carbons (Fsp3) is 0.800. The van der Waals surface area contributed by atoms with Crippen molar-refractivity contribution in [3.63, 3.8) is 0 Å². The van der Waals surface area contributed by atoms with Gasteiger partial charge in [-0.15, -0.1) is 6.58 Å². The number of fused-ring (bicyclic) bond motifs is 2. The Balaban J connectivity index is 0.000000251. The SMILES string of the molecule is C=CC.IN1SCCC2CCC1C2. The van der Waals surface area contributed by atoms with Gasteiger partial charge in [0.2, 0.25) is 0 Å². The summed E-state index contributed by atoms with van der Waals surface area (Å²) in [5.74, 6) is 2.42. The van der Waals surface area contributed by atoms with Crippen LogP contribution in [0.3, 0.4) is 0 Å². The molecular weight excluding hydrogens is 293 g/mol. The predicted octanol–water partition coefficient (Wildman–Crippen LogP) is 4.05. The van der Waals surface area contributed by atoms with Crippen molar-refractivity contribution in [2.24, 2.45) is 5.92 Å². The predicted molar refractivity (Wildman–Crippen MR) is 69.9 cm³/mol. The van der Waals surface area contributed by atoms with E-state index in [0.29, 0.717) is 0 Å². The molecule has 2 aliphatic rings. The van der Waals surface area contributed by atoms with Gasteiger partial charge in [0.1, 0.15) is 0 Å². The molecule has 2 rings (SSSR count). The van der Waals surface area contributed by atoms with Gasteiger partial charge in [-0.2, -0.15) is 2.52 Å². The van der Waals surface area contributed by atoms with Crippen molar-refractivity contribution in [3.05, 3.63) is 12.7 Å². The molecule has 1 aliphatic carbocycles. The van der Waals surface area contributed by atoms with Crippen LogP contribution < -0.4 is 0 Å². The molecule has 1 nitrogen and oxygen atoms in total. The number of nitrogens with zero attached hydrogens (tertiary/aromatic N) is 1. The summed E-state index contributed by atoms with van der Waals surface area (Å²) in [5, 5.41) is 0. The first kappa shape index (κ1) is 11.9. The van der Waals surface area contributed by atoms with Crippen molar-refractivity contribution in [1.82, 2.24) is 2.52 Å². The fourth-order valence-electron chi connectivity index (χ4n) is 1.91. The van der Waals surface area contributed by atoms with Gasteiger partial charge >= 0.3 is 0 Å². The van der Waals surface area contributed by atoms with E-state index in [1.54, 1.807) is 6.08 Å². The lowest BCUT2D eigenvalue weighted by Crippen LogP contribution is -2.15. The minimum atomic E-state index is 0.901. The third-order valence-electron chi connectivity index (χ3n) is 2.54. The molecule has 0 aromatic carbocycles. The van der Waals surface area contributed by atoms with E-state index >= 15 is 0 Å². The molecule has 0 radical (unpaired) electrons. The highest BCUT2D eigenvalue weighted by atomic mass is 127. The zero-order valence-corrected chi connectivity index (χ0v) is 11.2. The van der Waals surface area contributed by atoms with Crippen LogP contribution in [0, 0.1) is 5.92 Å². The second-order valence-electron chi connectivity index (χ2n) is 3.64. The summed E-state index contributed by atoms with van der Waals surface area (Å²) in [5.41, 5.74) is 0. The van der Waals surface area contributed by atoms with Crippen LogP contribution in [0.2, 0.25) is 0 Å². The Morgan fingerprint density at radius 3 is 2.85 bits per heavy atom. The molecule has 3 heteroatoms. The van der Waals surface area contributed by atoms with E-state index in [4.69, 9.17) is 0 Å². The quantitative estimate of drug-likeness (QED) is 0.287. The van der Waals surface area contributed by atoms with Crippen LogP contribution in [0.5, 0.6) is 0 Å². The Morgan fingerprint density at radius 2 is 2.15 bits per heavy atom. The summed E-state index contributed by atoms with van der Waals surface area (Å²) in [6.07, 6.45) is 7.61. The Bertz CT molecular complexity index is 163. The van der Waals surface area contributed by atoms with Gasteiger partial charge in [-0.05, 0) is 38.5 Å². The van der Waals surface area contributed by atoms with Crippen LogP contribution in [0.15, 0.2) is 12.7 Å². The third-order valence-corrected chi connectivity index (χ3v) is 5.13. The highest BCUT2D eigenvalue weighted by Crippen LogP contribution is 2.40. The number of hydrogen-bond donors (Lipinski definition) is 0. The molecule has 0 N–H and O–H groups in total. The largest absolute Gasteiger partial charge is 0.188 e. The lowest BCUT2D eigenvalue weighted by atomic mass is 10.1. The van der Waals surface area contributed by atoms with E-state index in [2.05, 4.69) is 32.0 Å². The molecule has 0 aromatic heterocycles. The second kappa shape index (κ2) is 6.30. The maximum atomic E-state index is 3.36. The van der Waals surface area contributed by atoms with Gasteiger partial charge in [0.25, 0.3) is 0 Å². The summed E-state index contributed by atoms with van der Waals surface area (Å²) in [6, 6.07) is 0.901. The van der Waals surface area contributed by atoms with Gasteiger partial charge in [0, 0.05) is 34.7 Å². The van der Waals surface area contributed by atoms with Gasteiger partial charge in [0.15, 0.2) is 0 Å². The minimum Gasteiger partial charge on any atom is -0.188 e. The Labute approximate surface area is 100.0 Å². The molecule has 1 heterocycles. The van der Waals surface area contributed by atoms with Crippen LogP contribution in [0.25, 0.3) is 0 Å². The zero-order valence-electron chi connectivity index (χ0n) is 8.21. The van der Waals surface area contributed by atoms with Gasteiger partial charge in [-0.3, -0.25) is 0 Å². The summed E-state index contributed by atoms with van der Waals surface area (Å²) in [7, 11) is 0. The third kappa shape index (κ3) is 3.80. The maximum absolute atomic E-state index is 3.36. The first-order valence-corrected chi connectivity index (χ1v) is 6.83. The highest BCUT2D eigenvalue weighted by Gasteiger charge is 2.31. The van der Waals surface area contributed by atoms with Crippen molar-refractivity contribution in [2.45, 2.75) is 38.6 Å². The molecule has 2 fully saturated rings. The molecule has 2 atom stereocenters. The normalized spacial score (nSPS) is 33.1. The van der Waals surface area contributed by atoms with Crippen molar-refractivity contribution in [3.8, 4) is 0 Å². The Kier molecular flexibility index (Phi) is 5.74. The summed E-state index contributed by atoms with van der Waals surface area (Å²) in [6.45, 7) is 5.25. The lowest BCUT2D eigenvalue weighted by Gasteiger charge is -2.17. The lowest BCUT2D eigenvalue weighted by molar-refractivity contribution is 0.505. The molecule has 0 amide bonds. The second-order valence-corrected chi connectivity index (χ2v) is 6.39. The summed E-state index contributed by atoms with van der Waals surface area (Å²) in [4.78, 5) is 0. The van der Waals surface area contributed by atoms with Crippen molar-refractivity contribution < 1.29 is 0 Å². The van der Waals surface area contributed by atoms with Crippen molar-refractivity contribution in [2.75, 3.05) is 5.75 Å². The van der Waals surface area contributed by atoms with E-state index in [-0.39, 0.29) is 0 Å². The number of halogens is 1. The monoisotopic (exact) mass is 311 g/mol. The van der Waals surface area contributed by atoms with E-state index in [1.165, 1.54) is 31.4 Å². The Morgan fingerprint density at radius 1 is 1.46 bits per heavy atom. The van der Waals surface area contributed by atoms with E-state index < -0.39 is 0 Å². The number of allylic oxidation sites excluding steroid dienone is 1. The smallest absolute Gasteiger partial charge is 0.0322 e. The van der Waals surface area contributed by atoms with Crippen molar-refractivity contribution >= 4 is 34.8 Å². The number of hydrogen-bond acceptors (Lipinski definition) is 2. The summed E-state index contributed by atoms with van der Waals surface area (Å²) >= 11 is 4.49. The first-order chi connectivity index (χ1) is 6.27. The fourth-order valence-corrected chi connectivity index (χ4v) is 4.02. The molecule has 2 bridgehead atoms. The molecule has 1 saturated carbocycles. The molecule has 1 saturated heterocycles. The van der Waals surface area contributed by atoms with Crippen LogP contribution in [-0.4, -0.2) is 14.3 Å². The molecule has 76 valence electrons. The Hall–Kier alpha value is 0.780. The summed E-state index contributed by atoms with van der Waals surface area (Å²) < 4.78 is 2.45. The van der Waals surface area contributed by atoms with Crippen LogP contribution in [-0.2, 0) is 0 Å². The first-order valence-electron chi connectivity index (χ1n) is 4.93. The van der Waals surface area contributed by atoms with Crippen molar-refractivity contribution in [1.29, 1.82) is 0 Å². The molecule has 2 unspecified atom stereocenters. The van der Waals surface area contributed by atoms with E-state index in [1.807, 2.05) is 18.9 Å². The highest BCUT2D eigenvalue weighted by molar-refractivity contribution is 14.1. The topological polar surface area (TPSA) is 3.24 Å². The maximum Gasteiger partial charge on any atom is 0.0322 e. The van der Waals surface area contributed by atoms with E-state index in [9.17, 15) is 0 Å². The molecule has 13 heavy (non-hydrogen) atoms. The van der Waals surface area contributed by atoms with Crippen LogP contribution in [0.1, 0.15) is 32.6 Å². The molecular formula is C10H18INS. The van der Waals surface area contributed by atoms with Gasteiger partial charge in [-0.25, -0.2) is 0 Å². The van der Waals surface area contributed by atoms with Gasteiger partial charge in [0.05, 0.1) is 0 Å². The standard InChI is InChI=1S/C7H12INS.C3H6/c8-9-7-2-1-6(5-7)3-4-10-9;1-3-2/h6-7H,1-5H2;3H,1H2,2H3. The van der Waals surface area contributed by atoms with E-state index in [0.717, 1.165) is 12.0 Å². The average Bonchev–Trinajstić information content (AvgIpc) is 2.46. The van der Waals surface area contributed by atoms with Gasteiger partial charge < -0.3 is 0 Å². The molecule has 1 aliphatic heterocycles. The zero-order chi connectivity index (χ0) is 9.68. The number of rotatable bonds is 0.